The zero-order chi connectivity index (χ0) is 16.2. The minimum Gasteiger partial charge on any atom is -0.347 e. The predicted octanol–water partition coefficient (Wildman–Crippen LogP) is 0.407. The van der Waals surface area contributed by atoms with E-state index in [9.17, 15) is 4.79 Å². The highest BCUT2D eigenvalue weighted by atomic mass is 16.2. The number of guanidine groups is 1. The first kappa shape index (κ1) is 15.8. The quantitative estimate of drug-likeness (QED) is 0.647. The summed E-state index contributed by atoms with van der Waals surface area (Å²) >= 11 is 0. The lowest BCUT2D eigenvalue weighted by molar-refractivity contribution is -0.128. The lowest BCUT2D eigenvalue weighted by Gasteiger charge is -2.23. The molecule has 2 fully saturated rings. The average Bonchev–Trinajstić information content (AvgIpc) is 3.28. The highest BCUT2D eigenvalue weighted by Gasteiger charge is 2.27. The molecular formula is C16H26N6O. The molecule has 7 heteroatoms. The zero-order valence-corrected chi connectivity index (χ0v) is 14.0. The summed E-state index contributed by atoms with van der Waals surface area (Å²) in [5, 5.41) is 7.49. The van der Waals surface area contributed by atoms with Gasteiger partial charge in [-0.2, -0.15) is 5.10 Å². The Morgan fingerprint density at radius 2 is 2.13 bits per heavy atom. The summed E-state index contributed by atoms with van der Waals surface area (Å²) < 4.78 is 1.85. The van der Waals surface area contributed by atoms with Crippen LogP contribution in [0.5, 0.6) is 0 Å². The molecule has 1 amide bonds. The third kappa shape index (κ3) is 3.65. The third-order valence-corrected chi connectivity index (χ3v) is 4.75. The maximum absolute atomic E-state index is 12.1. The summed E-state index contributed by atoms with van der Waals surface area (Å²) in [7, 11) is 3.72. The van der Waals surface area contributed by atoms with Crippen LogP contribution in [0.2, 0.25) is 0 Å². The number of rotatable bonds is 3. The van der Waals surface area contributed by atoms with Crippen molar-refractivity contribution in [3.05, 3.63) is 18.0 Å². The zero-order valence-electron chi connectivity index (χ0n) is 14.0. The Morgan fingerprint density at radius 3 is 2.78 bits per heavy atom. The molecule has 0 radical (unpaired) electrons. The summed E-state index contributed by atoms with van der Waals surface area (Å²) in [6, 6.07) is 0. The Kier molecular flexibility index (Phi) is 4.83. The topological polar surface area (TPSA) is 65.8 Å². The number of hydrogen-bond acceptors (Lipinski definition) is 3. The van der Waals surface area contributed by atoms with Gasteiger partial charge in [0.15, 0.2) is 5.96 Å². The minimum absolute atomic E-state index is 0.173. The van der Waals surface area contributed by atoms with Gasteiger partial charge in [-0.15, -0.1) is 0 Å². The van der Waals surface area contributed by atoms with E-state index in [1.54, 1.807) is 7.05 Å². The normalized spacial score (nSPS) is 22.0. The Bertz CT molecular complexity index is 575. The molecule has 126 valence electrons. The van der Waals surface area contributed by atoms with Crippen LogP contribution in [0.15, 0.2) is 17.4 Å². The van der Waals surface area contributed by atoms with E-state index in [1.165, 1.54) is 5.56 Å². The van der Waals surface area contributed by atoms with Crippen molar-refractivity contribution in [2.24, 2.45) is 12.0 Å². The molecular weight excluding hydrogens is 292 g/mol. The van der Waals surface area contributed by atoms with Crippen LogP contribution >= 0.6 is 0 Å². The Morgan fingerprint density at radius 1 is 1.35 bits per heavy atom. The summed E-state index contributed by atoms with van der Waals surface area (Å²) in [6.07, 6.45) is 7.37. The van der Waals surface area contributed by atoms with Gasteiger partial charge in [0.05, 0.1) is 12.7 Å². The summed E-state index contributed by atoms with van der Waals surface area (Å²) in [4.78, 5) is 20.7. The van der Waals surface area contributed by atoms with Crippen molar-refractivity contribution in [2.75, 3.05) is 39.8 Å². The maximum atomic E-state index is 12.1. The van der Waals surface area contributed by atoms with Gasteiger partial charge in [-0.25, -0.2) is 0 Å². The molecule has 3 rings (SSSR count). The lowest BCUT2D eigenvalue weighted by Crippen LogP contribution is -2.45. The second-order valence-electron chi connectivity index (χ2n) is 6.37. The SMILES string of the molecule is CN=C(NCC(=O)N1CCCC1)N1CCC(c2cnn(C)c2)C1. The minimum atomic E-state index is 0.173. The van der Waals surface area contributed by atoms with Crippen LogP contribution in [-0.2, 0) is 11.8 Å². The summed E-state index contributed by atoms with van der Waals surface area (Å²) in [5.41, 5.74) is 1.28. The molecule has 1 aromatic rings. The molecule has 1 aromatic heterocycles. The number of likely N-dealkylation sites (tertiary alicyclic amines) is 2. The molecule has 0 spiro atoms. The molecule has 7 nitrogen and oxygen atoms in total. The molecule has 2 saturated heterocycles. The molecule has 0 saturated carbocycles. The Hall–Kier alpha value is -2.05. The number of hydrogen-bond donors (Lipinski definition) is 1. The number of carbonyl (C=O) groups is 1. The van der Waals surface area contributed by atoms with E-state index in [0.29, 0.717) is 12.5 Å². The molecule has 0 bridgehead atoms. The van der Waals surface area contributed by atoms with E-state index in [1.807, 2.05) is 22.8 Å². The fourth-order valence-corrected chi connectivity index (χ4v) is 3.44. The van der Waals surface area contributed by atoms with Crippen LogP contribution in [0, 0.1) is 0 Å². The molecule has 0 aromatic carbocycles. The van der Waals surface area contributed by atoms with Crippen LogP contribution in [0.1, 0.15) is 30.7 Å². The van der Waals surface area contributed by atoms with Gasteiger partial charge in [0.2, 0.25) is 5.91 Å². The van der Waals surface area contributed by atoms with Crippen LogP contribution in [-0.4, -0.2) is 71.2 Å². The number of amides is 1. The van der Waals surface area contributed by atoms with Crippen molar-refractivity contribution in [3.63, 3.8) is 0 Å². The van der Waals surface area contributed by atoms with Crippen molar-refractivity contribution in [1.82, 2.24) is 24.9 Å². The molecule has 2 aliphatic rings. The number of aryl methyl sites for hydroxylation is 1. The van der Waals surface area contributed by atoms with Gasteiger partial charge in [-0.3, -0.25) is 14.5 Å². The molecule has 1 atom stereocenters. The second-order valence-corrected chi connectivity index (χ2v) is 6.37. The monoisotopic (exact) mass is 318 g/mol. The number of carbonyl (C=O) groups excluding carboxylic acids is 1. The second kappa shape index (κ2) is 7.02. The van der Waals surface area contributed by atoms with Crippen molar-refractivity contribution in [2.45, 2.75) is 25.2 Å². The fraction of sp³-hybridized carbons (Fsp3) is 0.688. The van der Waals surface area contributed by atoms with Gasteiger partial charge in [0, 0.05) is 52.4 Å². The molecule has 2 aliphatic heterocycles. The molecule has 1 N–H and O–H groups in total. The van der Waals surface area contributed by atoms with Crippen molar-refractivity contribution < 1.29 is 4.79 Å². The first-order valence-corrected chi connectivity index (χ1v) is 8.39. The van der Waals surface area contributed by atoms with Crippen molar-refractivity contribution >= 4 is 11.9 Å². The van der Waals surface area contributed by atoms with Crippen molar-refractivity contribution in [1.29, 1.82) is 0 Å². The summed E-state index contributed by atoms with van der Waals surface area (Å²) in [5.74, 6) is 1.48. The number of aliphatic imine (C=N–C) groups is 1. The largest absolute Gasteiger partial charge is 0.347 e. The van der Waals surface area contributed by atoms with E-state index in [-0.39, 0.29) is 5.91 Å². The van der Waals surface area contributed by atoms with Gasteiger partial charge < -0.3 is 15.1 Å². The average molecular weight is 318 g/mol. The smallest absolute Gasteiger partial charge is 0.241 e. The van der Waals surface area contributed by atoms with Crippen molar-refractivity contribution in [3.8, 4) is 0 Å². The first-order chi connectivity index (χ1) is 11.2. The van der Waals surface area contributed by atoms with E-state index >= 15 is 0 Å². The highest BCUT2D eigenvalue weighted by Crippen LogP contribution is 2.26. The van der Waals surface area contributed by atoms with Gasteiger partial charge >= 0.3 is 0 Å². The number of nitrogens with one attached hydrogen (secondary N) is 1. The highest BCUT2D eigenvalue weighted by molar-refractivity contribution is 5.86. The fourth-order valence-electron chi connectivity index (χ4n) is 3.44. The number of nitrogens with zero attached hydrogens (tertiary/aromatic N) is 5. The van der Waals surface area contributed by atoms with E-state index in [4.69, 9.17) is 0 Å². The molecule has 1 unspecified atom stereocenters. The van der Waals surface area contributed by atoms with Crippen LogP contribution < -0.4 is 5.32 Å². The van der Waals surface area contributed by atoms with Gasteiger partial charge in [0.1, 0.15) is 0 Å². The molecule has 23 heavy (non-hydrogen) atoms. The van der Waals surface area contributed by atoms with E-state index < -0.39 is 0 Å². The standard InChI is InChI=1S/C16H26N6O/c1-17-16(18-10-15(23)21-6-3-4-7-21)22-8-5-13(12-22)14-9-19-20(2)11-14/h9,11,13H,3-8,10,12H2,1-2H3,(H,17,18). The van der Waals surface area contributed by atoms with Gasteiger partial charge in [-0.1, -0.05) is 0 Å². The maximum Gasteiger partial charge on any atom is 0.241 e. The van der Waals surface area contributed by atoms with Crippen LogP contribution in [0.4, 0.5) is 0 Å². The molecule has 0 aliphatic carbocycles. The first-order valence-electron chi connectivity index (χ1n) is 8.39. The van der Waals surface area contributed by atoms with E-state index in [0.717, 1.165) is 51.4 Å². The lowest BCUT2D eigenvalue weighted by atomic mass is 10.0. The predicted molar refractivity (Wildman–Crippen MR) is 89.3 cm³/mol. The Labute approximate surface area is 137 Å². The van der Waals surface area contributed by atoms with Gasteiger partial charge in [-0.05, 0) is 24.8 Å². The Balaban J connectivity index is 1.52. The van der Waals surface area contributed by atoms with Crippen LogP contribution in [0.25, 0.3) is 0 Å². The third-order valence-electron chi connectivity index (χ3n) is 4.75. The number of aromatic nitrogens is 2. The van der Waals surface area contributed by atoms with E-state index in [2.05, 4.69) is 26.5 Å². The van der Waals surface area contributed by atoms with Crippen LogP contribution in [0.3, 0.4) is 0 Å². The summed E-state index contributed by atoms with van der Waals surface area (Å²) in [6.45, 7) is 4.00. The molecule has 3 heterocycles. The van der Waals surface area contributed by atoms with Gasteiger partial charge in [0.25, 0.3) is 0 Å².